The van der Waals surface area contributed by atoms with Crippen LogP contribution in [0.15, 0.2) is 48.5 Å². The Morgan fingerprint density at radius 3 is 2.63 bits per heavy atom. The lowest BCUT2D eigenvalue weighted by molar-refractivity contribution is -0.159. The summed E-state index contributed by atoms with van der Waals surface area (Å²) in [4.78, 5) is 27.6. The third kappa shape index (κ3) is 2.80. The summed E-state index contributed by atoms with van der Waals surface area (Å²) in [6.45, 7) is 2.24. The van der Waals surface area contributed by atoms with Gasteiger partial charge in [0.15, 0.2) is 0 Å². The van der Waals surface area contributed by atoms with E-state index in [2.05, 4.69) is 0 Å². The number of hydrogen-bond acceptors (Lipinski definition) is 4. The van der Waals surface area contributed by atoms with E-state index < -0.39 is 23.5 Å². The van der Waals surface area contributed by atoms with Gasteiger partial charge < -0.3 is 9.47 Å². The Morgan fingerprint density at radius 2 is 1.93 bits per heavy atom. The van der Waals surface area contributed by atoms with Crippen molar-refractivity contribution < 1.29 is 23.5 Å². The smallest absolute Gasteiger partial charge is 0.318 e. The molecular weight excluding hydrogens is 349 g/mol. The number of carbonyl (C=O) groups is 2. The van der Waals surface area contributed by atoms with Gasteiger partial charge in [-0.3, -0.25) is 14.5 Å². The second kappa shape index (κ2) is 6.46. The molecule has 1 saturated heterocycles. The number of hydrogen-bond donors (Lipinski definition) is 0. The number of nitrogens with zero attached hydrogens (tertiary/aromatic N) is 1. The van der Waals surface area contributed by atoms with Gasteiger partial charge >= 0.3 is 5.97 Å². The first-order valence-electron chi connectivity index (χ1n) is 8.84. The Balaban J connectivity index is 1.82. The second-order valence-corrected chi connectivity index (χ2v) is 7.13. The van der Waals surface area contributed by atoms with Crippen molar-refractivity contribution in [1.29, 1.82) is 0 Å². The van der Waals surface area contributed by atoms with Gasteiger partial charge in [0.05, 0.1) is 19.4 Å². The third-order valence-corrected chi connectivity index (χ3v) is 5.48. The molecule has 1 amide bonds. The van der Waals surface area contributed by atoms with Crippen LogP contribution in [-0.4, -0.2) is 24.7 Å². The van der Waals surface area contributed by atoms with Gasteiger partial charge in [-0.25, -0.2) is 4.39 Å². The summed E-state index contributed by atoms with van der Waals surface area (Å²) >= 11 is 0. The van der Waals surface area contributed by atoms with E-state index in [1.165, 1.54) is 19.2 Å². The zero-order valence-electron chi connectivity index (χ0n) is 15.1. The van der Waals surface area contributed by atoms with Crippen LogP contribution in [0, 0.1) is 11.7 Å². The third-order valence-electron chi connectivity index (χ3n) is 5.48. The van der Waals surface area contributed by atoms with Crippen molar-refractivity contribution in [2.24, 2.45) is 5.92 Å². The van der Waals surface area contributed by atoms with E-state index in [0.29, 0.717) is 18.6 Å². The van der Waals surface area contributed by atoms with Crippen LogP contribution in [-0.2, 0) is 25.7 Å². The molecule has 140 valence electrons. The number of ether oxygens (including phenoxy) is 2. The van der Waals surface area contributed by atoms with Crippen LogP contribution in [0.4, 0.5) is 10.1 Å². The van der Waals surface area contributed by atoms with Crippen molar-refractivity contribution in [2.75, 3.05) is 12.0 Å². The number of piperidine rings is 1. The Labute approximate surface area is 156 Å². The molecule has 5 nitrogen and oxygen atoms in total. The zero-order chi connectivity index (χ0) is 19.2. The minimum Gasteiger partial charge on any atom is -0.468 e. The fraction of sp³-hybridized carbons (Fsp3) is 0.333. The molecule has 2 aromatic rings. The van der Waals surface area contributed by atoms with Gasteiger partial charge in [-0.2, -0.15) is 0 Å². The largest absolute Gasteiger partial charge is 0.468 e. The van der Waals surface area contributed by atoms with Gasteiger partial charge in [0.25, 0.3) is 0 Å². The summed E-state index contributed by atoms with van der Waals surface area (Å²) in [7, 11) is 1.27. The van der Waals surface area contributed by atoms with E-state index >= 15 is 0 Å². The summed E-state index contributed by atoms with van der Waals surface area (Å²) in [5.74, 6) is -2.80. The van der Waals surface area contributed by atoms with Crippen molar-refractivity contribution in [2.45, 2.75) is 31.6 Å². The molecule has 2 aromatic carbocycles. The molecule has 0 aliphatic carbocycles. The summed E-state index contributed by atoms with van der Waals surface area (Å²) in [6.07, 6.45) is 0.401. The normalized spacial score (nSPS) is 26.9. The molecule has 0 aromatic heterocycles. The number of rotatable bonds is 2. The van der Waals surface area contributed by atoms with Crippen molar-refractivity contribution in [3.63, 3.8) is 0 Å². The number of benzene rings is 2. The maximum Gasteiger partial charge on any atom is 0.318 e. The number of halogens is 1. The lowest BCUT2D eigenvalue weighted by Crippen LogP contribution is -2.62. The van der Waals surface area contributed by atoms with Crippen LogP contribution in [0.25, 0.3) is 0 Å². The van der Waals surface area contributed by atoms with E-state index in [1.54, 1.807) is 17.0 Å². The predicted octanol–water partition coefficient (Wildman–Crippen LogP) is 3.38. The number of esters is 1. The van der Waals surface area contributed by atoms with Crippen molar-refractivity contribution in [1.82, 2.24) is 0 Å². The monoisotopic (exact) mass is 369 g/mol. The quantitative estimate of drug-likeness (QED) is 0.602. The highest BCUT2D eigenvalue weighted by atomic mass is 19.1. The molecule has 0 bridgehead atoms. The maximum atomic E-state index is 13.4. The highest BCUT2D eigenvalue weighted by Gasteiger charge is 2.55. The molecule has 6 heteroatoms. The highest BCUT2D eigenvalue weighted by molar-refractivity contribution is 6.09. The van der Waals surface area contributed by atoms with Crippen LogP contribution < -0.4 is 4.90 Å². The topological polar surface area (TPSA) is 55.8 Å². The van der Waals surface area contributed by atoms with E-state index in [0.717, 1.165) is 11.3 Å². The van der Waals surface area contributed by atoms with Gasteiger partial charge in [0.1, 0.15) is 17.5 Å². The van der Waals surface area contributed by atoms with Crippen molar-refractivity contribution >= 4 is 17.6 Å². The summed E-state index contributed by atoms with van der Waals surface area (Å²) in [6, 6.07) is 13.4. The molecule has 4 rings (SSSR count). The molecule has 0 spiro atoms. The lowest BCUT2D eigenvalue weighted by Gasteiger charge is -2.51. The molecule has 2 heterocycles. The minimum absolute atomic E-state index is 0.364. The molecule has 0 N–H and O–H groups in total. The molecule has 0 radical (unpaired) electrons. The van der Waals surface area contributed by atoms with E-state index in [-0.39, 0.29) is 11.7 Å². The summed E-state index contributed by atoms with van der Waals surface area (Å²) in [5, 5.41) is 0. The van der Waals surface area contributed by atoms with E-state index in [1.807, 2.05) is 31.2 Å². The Kier molecular flexibility index (Phi) is 4.23. The SMILES string of the molecule is COC(=O)[C@H]1C(=O)N2c3ccccc3CO[C@]2(C)C[C@@H]1c1ccc(F)cc1. The van der Waals surface area contributed by atoms with Crippen LogP contribution in [0.2, 0.25) is 0 Å². The van der Waals surface area contributed by atoms with Crippen LogP contribution in [0.3, 0.4) is 0 Å². The fourth-order valence-electron chi connectivity index (χ4n) is 4.16. The van der Waals surface area contributed by atoms with Crippen LogP contribution >= 0.6 is 0 Å². The first-order chi connectivity index (χ1) is 12.9. The van der Waals surface area contributed by atoms with Gasteiger partial charge in [-0.05, 0) is 30.7 Å². The second-order valence-electron chi connectivity index (χ2n) is 7.13. The number of amides is 1. The number of anilines is 1. The molecule has 27 heavy (non-hydrogen) atoms. The molecule has 2 aliphatic heterocycles. The number of para-hydroxylation sites is 1. The maximum absolute atomic E-state index is 13.4. The fourth-order valence-corrected chi connectivity index (χ4v) is 4.16. The number of carbonyl (C=O) groups excluding carboxylic acids is 2. The van der Waals surface area contributed by atoms with Gasteiger partial charge in [-0.1, -0.05) is 30.3 Å². The standard InChI is InChI=1S/C21H20FNO4/c1-21-11-16(13-7-9-15(22)10-8-13)18(20(25)26-2)19(24)23(21)17-6-4-3-5-14(17)12-27-21/h3-10,16,18H,11-12H2,1-2H3/t16-,18-,21-/m1/s1. The summed E-state index contributed by atoms with van der Waals surface area (Å²) in [5.41, 5.74) is 1.47. The number of fused-ring (bicyclic) bond motifs is 3. The zero-order valence-corrected chi connectivity index (χ0v) is 15.1. The summed E-state index contributed by atoms with van der Waals surface area (Å²) < 4.78 is 24.4. The molecule has 2 aliphatic rings. The van der Waals surface area contributed by atoms with Crippen molar-refractivity contribution in [3.8, 4) is 0 Å². The van der Waals surface area contributed by atoms with Crippen molar-refractivity contribution in [3.05, 3.63) is 65.5 Å². The molecular formula is C21H20FNO4. The van der Waals surface area contributed by atoms with Gasteiger partial charge in [0.2, 0.25) is 5.91 Å². The lowest BCUT2D eigenvalue weighted by atomic mass is 9.75. The Hall–Kier alpha value is -2.73. The van der Waals surface area contributed by atoms with Crippen LogP contribution in [0.1, 0.15) is 30.4 Å². The van der Waals surface area contributed by atoms with Gasteiger partial charge in [-0.15, -0.1) is 0 Å². The molecule has 0 unspecified atom stereocenters. The molecule has 3 atom stereocenters. The number of methoxy groups -OCH3 is 1. The highest BCUT2D eigenvalue weighted by Crippen LogP contribution is 2.48. The van der Waals surface area contributed by atoms with E-state index in [9.17, 15) is 14.0 Å². The average molecular weight is 369 g/mol. The minimum atomic E-state index is -1.01. The Morgan fingerprint density at radius 1 is 1.22 bits per heavy atom. The van der Waals surface area contributed by atoms with Gasteiger partial charge in [0, 0.05) is 17.9 Å². The molecule has 0 saturated carbocycles. The first kappa shape index (κ1) is 17.7. The van der Waals surface area contributed by atoms with Crippen LogP contribution in [0.5, 0.6) is 0 Å². The molecule has 1 fully saturated rings. The first-order valence-corrected chi connectivity index (χ1v) is 8.84. The Bertz CT molecular complexity index is 897. The van der Waals surface area contributed by atoms with E-state index in [4.69, 9.17) is 9.47 Å². The predicted molar refractivity (Wildman–Crippen MR) is 96.4 cm³/mol. The average Bonchev–Trinajstić information content (AvgIpc) is 2.67.